The highest BCUT2D eigenvalue weighted by molar-refractivity contribution is 7.45. The van der Waals surface area contributed by atoms with Crippen molar-refractivity contribution in [3.8, 4) is 0 Å². The van der Waals surface area contributed by atoms with Gasteiger partial charge < -0.3 is 27.9 Å². The van der Waals surface area contributed by atoms with E-state index in [0.717, 1.165) is 57.8 Å². The minimum atomic E-state index is -4.64. The SMILES string of the molecule is CCCCCCC/C=C\C/C=C\C/C=C\CCCCCCCCCCCCC(=O)OC(COC(=O)CCCCCCCCCCCCCCCCCCCCCCCCCCCCCCCC)COP(=O)([O-])OCC[N+](C)(C)C. The molecule has 0 aromatic heterocycles. The highest BCUT2D eigenvalue weighted by atomic mass is 31.2. The zero-order chi connectivity index (χ0) is 57.7. The van der Waals surface area contributed by atoms with E-state index in [1.54, 1.807) is 0 Å². The van der Waals surface area contributed by atoms with Gasteiger partial charge in [-0.25, -0.2) is 0 Å². The molecule has 0 saturated heterocycles. The van der Waals surface area contributed by atoms with Crippen LogP contribution in [0.1, 0.15) is 341 Å². The topological polar surface area (TPSA) is 111 Å². The standard InChI is InChI=1S/C69H132NO8P/c1-6-8-10-12-14-16-18-20-22-24-26-28-30-32-33-34-35-36-38-39-41-43-45-47-49-51-53-55-57-59-61-68(71)75-65-67(66-77-79(73,74)76-64-63-70(3,4)5)78-69(72)62-60-58-56-54-52-50-48-46-44-42-40-37-31-29-27-25-23-21-19-17-15-13-11-9-7-2/h19,21,25,27,31,37,67H,6-18,20,22-24,26,28-30,32-36,38-66H2,1-5H3/b21-19-,27-25-,37-31-. The third-order valence-corrected chi connectivity index (χ3v) is 16.4. The Hall–Kier alpha value is -1.77. The molecule has 466 valence electrons. The third-order valence-electron chi connectivity index (χ3n) is 15.4. The van der Waals surface area contributed by atoms with Crippen LogP contribution in [0, 0.1) is 0 Å². The summed E-state index contributed by atoms with van der Waals surface area (Å²) in [4.78, 5) is 38.0. The molecule has 0 saturated carbocycles. The van der Waals surface area contributed by atoms with Crippen LogP contribution in [0.5, 0.6) is 0 Å². The highest BCUT2D eigenvalue weighted by Gasteiger charge is 2.22. The molecular weight excluding hydrogens is 1000 g/mol. The van der Waals surface area contributed by atoms with Crippen molar-refractivity contribution in [3.05, 3.63) is 36.5 Å². The summed E-state index contributed by atoms with van der Waals surface area (Å²) in [6, 6.07) is 0. The molecule has 0 aromatic rings. The molecule has 0 amide bonds. The van der Waals surface area contributed by atoms with Gasteiger partial charge in [0.25, 0.3) is 7.82 Å². The number of ether oxygens (including phenoxy) is 2. The van der Waals surface area contributed by atoms with Crippen LogP contribution in [0.25, 0.3) is 0 Å². The zero-order valence-electron chi connectivity index (χ0n) is 53.1. The van der Waals surface area contributed by atoms with Gasteiger partial charge >= 0.3 is 11.9 Å². The van der Waals surface area contributed by atoms with Crippen LogP contribution in [0.3, 0.4) is 0 Å². The van der Waals surface area contributed by atoms with E-state index in [1.807, 2.05) is 21.1 Å². The van der Waals surface area contributed by atoms with Crippen LogP contribution in [0.2, 0.25) is 0 Å². The number of nitrogens with zero attached hydrogens (tertiary/aromatic N) is 1. The van der Waals surface area contributed by atoms with Crippen LogP contribution in [0.4, 0.5) is 0 Å². The third kappa shape index (κ3) is 65.3. The van der Waals surface area contributed by atoms with Gasteiger partial charge in [0.2, 0.25) is 0 Å². The lowest BCUT2D eigenvalue weighted by Gasteiger charge is -2.28. The molecule has 0 rings (SSSR count). The van der Waals surface area contributed by atoms with Gasteiger partial charge in [0.1, 0.15) is 19.8 Å². The van der Waals surface area contributed by atoms with Crippen molar-refractivity contribution in [2.24, 2.45) is 0 Å². The average molecular weight is 1130 g/mol. The number of carbonyl (C=O) groups is 2. The smallest absolute Gasteiger partial charge is 0.306 e. The first kappa shape index (κ1) is 77.2. The van der Waals surface area contributed by atoms with Gasteiger partial charge in [-0.2, -0.15) is 0 Å². The number of carbonyl (C=O) groups excluding carboxylic acids is 2. The number of hydrogen-bond donors (Lipinski definition) is 0. The number of rotatable bonds is 64. The number of phosphoric acid groups is 1. The molecule has 0 fully saturated rings. The summed E-state index contributed by atoms with van der Waals surface area (Å²) in [5, 5.41) is 0. The normalized spacial score (nSPS) is 13.3. The molecule has 2 unspecified atom stereocenters. The summed E-state index contributed by atoms with van der Waals surface area (Å²) in [5.41, 5.74) is 0. The fourth-order valence-corrected chi connectivity index (χ4v) is 10.9. The highest BCUT2D eigenvalue weighted by Crippen LogP contribution is 2.38. The van der Waals surface area contributed by atoms with Crippen molar-refractivity contribution in [3.63, 3.8) is 0 Å². The van der Waals surface area contributed by atoms with Crippen LogP contribution in [-0.2, 0) is 32.7 Å². The Morgan fingerprint density at radius 3 is 1.01 bits per heavy atom. The fourth-order valence-electron chi connectivity index (χ4n) is 10.1. The van der Waals surface area contributed by atoms with E-state index in [4.69, 9.17) is 18.5 Å². The Morgan fingerprint density at radius 1 is 0.392 bits per heavy atom. The van der Waals surface area contributed by atoms with Crippen molar-refractivity contribution in [2.45, 2.75) is 347 Å². The molecule has 0 aliphatic rings. The van der Waals surface area contributed by atoms with Gasteiger partial charge in [-0.05, 0) is 51.4 Å². The number of allylic oxidation sites excluding steroid dienone is 6. The van der Waals surface area contributed by atoms with Crippen molar-refractivity contribution in [1.82, 2.24) is 0 Å². The number of esters is 2. The minimum absolute atomic E-state index is 0.0300. The lowest BCUT2D eigenvalue weighted by atomic mass is 10.0. The molecule has 0 N–H and O–H groups in total. The molecule has 0 spiro atoms. The first-order valence-electron chi connectivity index (χ1n) is 34.2. The number of likely N-dealkylation sites (N-methyl/N-ethyl adjacent to an activating group) is 1. The van der Waals surface area contributed by atoms with Crippen LogP contribution >= 0.6 is 7.82 Å². The quantitative estimate of drug-likeness (QED) is 0.0195. The predicted octanol–water partition coefficient (Wildman–Crippen LogP) is 21.3. The van der Waals surface area contributed by atoms with E-state index in [9.17, 15) is 19.0 Å². The summed E-state index contributed by atoms with van der Waals surface area (Å²) in [5.74, 6) is -0.820. The maximum Gasteiger partial charge on any atom is 0.306 e. The largest absolute Gasteiger partial charge is 0.756 e. The Kier molecular flexibility index (Phi) is 59.4. The van der Waals surface area contributed by atoms with Gasteiger partial charge in [0, 0.05) is 12.8 Å². The summed E-state index contributed by atoms with van der Waals surface area (Å²) in [6.45, 7) is 4.29. The molecule has 10 heteroatoms. The molecule has 0 radical (unpaired) electrons. The van der Waals surface area contributed by atoms with Gasteiger partial charge in [0.05, 0.1) is 27.7 Å². The molecule has 0 bridgehead atoms. The van der Waals surface area contributed by atoms with E-state index < -0.39 is 26.5 Å². The monoisotopic (exact) mass is 1130 g/mol. The van der Waals surface area contributed by atoms with E-state index in [-0.39, 0.29) is 32.0 Å². The molecule has 0 aromatic carbocycles. The second-order valence-corrected chi connectivity index (χ2v) is 26.0. The van der Waals surface area contributed by atoms with E-state index in [1.165, 1.54) is 250 Å². The number of unbranched alkanes of at least 4 members (excludes halogenated alkanes) is 44. The molecule has 0 aliphatic carbocycles. The van der Waals surface area contributed by atoms with Gasteiger partial charge in [-0.1, -0.05) is 314 Å². The predicted molar refractivity (Wildman–Crippen MR) is 337 cm³/mol. The second kappa shape index (κ2) is 60.8. The lowest BCUT2D eigenvalue weighted by molar-refractivity contribution is -0.870. The Labute approximate surface area is 491 Å². The minimum Gasteiger partial charge on any atom is -0.756 e. The molecule has 0 heterocycles. The summed E-state index contributed by atoms with van der Waals surface area (Å²) >= 11 is 0. The van der Waals surface area contributed by atoms with Gasteiger partial charge in [-0.3, -0.25) is 14.2 Å². The summed E-state index contributed by atoms with van der Waals surface area (Å²) in [6.07, 6.45) is 76.5. The molecule has 9 nitrogen and oxygen atoms in total. The van der Waals surface area contributed by atoms with Gasteiger partial charge in [-0.15, -0.1) is 0 Å². The number of phosphoric ester groups is 1. The van der Waals surface area contributed by atoms with Crippen LogP contribution in [-0.4, -0.2) is 70.0 Å². The maximum atomic E-state index is 12.8. The number of hydrogen-bond acceptors (Lipinski definition) is 8. The zero-order valence-corrected chi connectivity index (χ0v) is 54.0. The first-order valence-corrected chi connectivity index (χ1v) is 35.7. The molecule has 79 heavy (non-hydrogen) atoms. The van der Waals surface area contributed by atoms with E-state index >= 15 is 0 Å². The van der Waals surface area contributed by atoms with E-state index in [0.29, 0.717) is 17.4 Å². The Bertz CT molecular complexity index is 1430. The summed E-state index contributed by atoms with van der Waals surface area (Å²) < 4.78 is 34.3. The average Bonchev–Trinajstić information content (AvgIpc) is 3.41. The first-order chi connectivity index (χ1) is 38.5. The van der Waals surface area contributed by atoms with E-state index in [2.05, 4.69) is 50.3 Å². The molecule has 0 aliphatic heterocycles. The van der Waals surface area contributed by atoms with Crippen molar-refractivity contribution >= 4 is 19.8 Å². The second-order valence-electron chi connectivity index (χ2n) is 24.6. The maximum absolute atomic E-state index is 12.8. The lowest BCUT2D eigenvalue weighted by Crippen LogP contribution is -2.37. The number of quaternary nitrogens is 1. The molecular formula is C69H132NO8P. The summed E-state index contributed by atoms with van der Waals surface area (Å²) in [7, 11) is 1.18. The van der Waals surface area contributed by atoms with Crippen LogP contribution < -0.4 is 4.89 Å². The Morgan fingerprint density at radius 2 is 0.684 bits per heavy atom. The van der Waals surface area contributed by atoms with Crippen molar-refractivity contribution in [2.75, 3.05) is 47.5 Å². The van der Waals surface area contributed by atoms with Crippen LogP contribution in [0.15, 0.2) is 36.5 Å². The Balaban J connectivity index is 4.02. The van der Waals surface area contributed by atoms with Gasteiger partial charge in [0.15, 0.2) is 6.10 Å². The van der Waals surface area contributed by atoms with Crippen molar-refractivity contribution < 1.29 is 42.1 Å². The fraction of sp³-hybridized carbons (Fsp3) is 0.884. The van der Waals surface area contributed by atoms with Crippen molar-refractivity contribution in [1.29, 1.82) is 0 Å². The molecule has 2 atom stereocenters.